The summed E-state index contributed by atoms with van der Waals surface area (Å²) in [6, 6.07) is 16.7. The quantitative estimate of drug-likeness (QED) is 0.108. The number of aliphatic hydroxyl groups excluding tert-OH is 1. The van der Waals surface area contributed by atoms with Crippen LogP contribution in [0.25, 0.3) is 0 Å². The molecule has 0 radical (unpaired) electrons. The Kier molecular flexibility index (Phi) is 10.0. The molecule has 234 valence electrons. The number of benzene rings is 4. The Morgan fingerprint density at radius 2 is 1.40 bits per heavy atom. The fourth-order valence-corrected chi connectivity index (χ4v) is 5.15. The lowest BCUT2D eigenvalue weighted by molar-refractivity contribution is -0.136. The molecule has 0 saturated heterocycles. The lowest BCUT2D eigenvalue weighted by Crippen LogP contribution is -2.34. The fraction of sp³-hybridized carbons (Fsp3) is 0.235. The van der Waals surface area contributed by atoms with Crippen LogP contribution in [-0.4, -0.2) is 55.7 Å². The monoisotopic (exact) mass is 613 g/mol. The van der Waals surface area contributed by atoms with Crippen molar-refractivity contribution in [3.05, 3.63) is 105 Å². The molecule has 0 aromatic heterocycles. The van der Waals surface area contributed by atoms with E-state index in [9.17, 15) is 30.0 Å². The molecule has 0 saturated carbocycles. The number of azo groups is 1. The van der Waals surface area contributed by atoms with Crippen molar-refractivity contribution in [2.24, 2.45) is 10.2 Å². The summed E-state index contributed by atoms with van der Waals surface area (Å²) in [6.45, 7) is 4.12. The van der Waals surface area contributed by atoms with Gasteiger partial charge in [-0.1, -0.05) is 23.8 Å². The highest BCUT2D eigenvalue weighted by Crippen LogP contribution is 2.39. The van der Waals surface area contributed by atoms with Gasteiger partial charge in [0.25, 0.3) is 0 Å². The second-order valence-corrected chi connectivity index (χ2v) is 10.9. The van der Waals surface area contributed by atoms with Gasteiger partial charge in [-0.05, 0) is 85.5 Å². The maximum atomic E-state index is 11.5. The van der Waals surface area contributed by atoms with E-state index in [0.29, 0.717) is 50.4 Å². The molecule has 0 aliphatic carbocycles. The van der Waals surface area contributed by atoms with Crippen LogP contribution in [0.5, 0.6) is 17.2 Å². The molecular weight excluding hydrogens is 578 g/mol. The first-order chi connectivity index (χ1) is 21.4. The summed E-state index contributed by atoms with van der Waals surface area (Å²) in [5.74, 6) is -2.19. The zero-order valence-electron chi connectivity index (χ0n) is 25.2. The SMILES string of the molecule is Cc1ccc(O)c(Cc2c(C)c(/N=N/c3ccc(N(CC(=O)O)CC(=O)O)cc3)cc(Cc3cc(C)c(O)c(CO)c3)c2O)c1. The number of carboxylic acid groups (broad SMARTS) is 2. The minimum absolute atomic E-state index is 0.0135. The van der Waals surface area contributed by atoms with Gasteiger partial charge < -0.3 is 35.5 Å². The van der Waals surface area contributed by atoms with Gasteiger partial charge >= 0.3 is 11.9 Å². The zero-order chi connectivity index (χ0) is 32.8. The number of hydrogen-bond donors (Lipinski definition) is 6. The van der Waals surface area contributed by atoms with Crippen molar-refractivity contribution in [2.45, 2.75) is 40.2 Å². The van der Waals surface area contributed by atoms with Crippen LogP contribution >= 0.6 is 0 Å². The van der Waals surface area contributed by atoms with Gasteiger partial charge in [0, 0.05) is 35.2 Å². The van der Waals surface area contributed by atoms with Crippen LogP contribution in [-0.2, 0) is 29.0 Å². The third-order valence-corrected chi connectivity index (χ3v) is 7.48. The fourth-order valence-electron chi connectivity index (χ4n) is 5.15. The van der Waals surface area contributed by atoms with E-state index < -0.39 is 25.0 Å². The van der Waals surface area contributed by atoms with Gasteiger partial charge in [-0.15, -0.1) is 0 Å². The number of nitrogens with zero attached hydrogens (tertiary/aromatic N) is 3. The number of aryl methyl sites for hydroxylation is 2. The molecule has 0 fully saturated rings. The molecule has 0 spiro atoms. The lowest BCUT2D eigenvalue weighted by atomic mass is 9.91. The van der Waals surface area contributed by atoms with Gasteiger partial charge in [0.05, 0.1) is 18.0 Å². The first-order valence-electron chi connectivity index (χ1n) is 14.1. The van der Waals surface area contributed by atoms with E-state index in [1.54, 1.807) is 68.4 Å². The predicted octanol–water partition coefficient (Wildman–Crippen LogP) is 5.79. The van der Waals surface area contributed by atoms with E-state index in [0.717, 1.165) is 11.1 Å². The number of phenolic OH excluding ortho intramolecular Hbond substituents is 2. The maximum Gasteiger partial charge on any atom is 0.323 e. The number of rotatable bonds is 12. The number of anilines is 1. The van der Waals surface area contributed by atoms with Crippen molar-refractivity contribution in [3.8, 4) is 17.2 Å². The van der Waals surface area contributed by atoms with Crippen LogP contribution in [0.15, 0.2) is 70.9 Å². The summed E-state index contributed by atoms with van der Waals surface area (Å²) >= 11 is 0. The van der Waals surface area contributed by atoms with Gasteiger partial charge in [0.15, 0.2) is 0 Å². The number of carbonyl (C=O) groups is 2. The number of carboxylic acids is 2. The molecule has 11 heteroatoms. The van der Waals surface area contributed by atoms with Crippen LogP contribution in [0, 0.1) is 20.8 Å². The summed E-state index contributed by atoms with van der Waals surface area (Å²) in [4.78, 5) is 23.6. The molecule has 45 heavy (non-hydrogen) atoms. The van der Waals surface area contributed by atoms with Crippen LogP contribution in [0.3, 0.4) is 0 Å². The first kappa shape index (κ1) is 32.5. The van der Waals surface area contributed by atoms with E-state index in [4.69, 9.17) is 10.2 Å². The minimum Gasteiger partial charge on any atom is -0.508 e. The van der Waals surface area contributed by atoms with Crippen molar-refractivity contribution >= 4 is 29.0 Å². The second-order valence-electron chi connectivity index (χ2n) is 10.9. The Balaban J connectivity index is 1.75. The van der Waals surface area contributed by atoms with Gasteiger partial charge in [-0.2, -0.15) is 10.2 Å². The topological polar surface area (TPSA) is 183 Å². The number of aromatic hydroxyl groups is 3. The molecule has 6 N–H and O–H groups in total. The number of hydrogen-bond acceptors (Lipinski definition) is 9. The van der Waals surface area contributed by atoms with Gasteiger partial charge in [-0.25, -0.2) is 0 Å². The van der Waals surface area contributed by atoms with Crippen molar-refractivity contribution in [2.75, 3.05) is 18.0 Å². The molecule has 4 rings (SSSR count). The molecule has 0 aliphatic heterocycles. The van der Waals surface area contributed by atoms with Crippen LogP contribution < -0.4 is 4.90 Å². The highest BCUT2D eigenvalue weighted by molar-refractivity contribution is 5.79. The van der Waals surface area contributed by atoms with E-state index >= 15 is 0 Å². The van der Waals surface area contributed by atoms with Gasteiger partial charge in [-0.3, -0.25) is 9.59 Å². The Hall–Kier alpha value is -5.42. The van der Waals surface area contributed by atoms with Crippen molar-refractivity contribution in [3.63, 3.8) is 0 Å². The normalized spacial score (nSPS) is 11.2. The summed E-state index contributed by atoms with van der Waals surface area (Å²) in [7, 11) is 0. The van der Waals surface area contributed by atoms with E-state index in [1.165, 1.54) is 4.90 Å². The van der Waals surface area contributed by atoms with E-state index in [1.807, 2.05) is 13.0 Å². The molecule has 0 atom stereocenters. The maximum absolute atomic E-state index is 11.5. The van der Waals surface area contributed by atoms with Crippen molar-refractivity contribution in [1.82, 2.24) is 0 Å². The highest BCUT2D eigenvalue weighted by atomic mass is 16.4. The number of aliphatic carboxylic acids is 2. The van der Waals surface area contributed by atoms with Crippen LogP contribution in [0.4, 0.5) is 17.1 Å². The lowest BCUT2D eigenvalue weighted by Gasteiger charge is -2.20. The van der Waals surface area contributed by atoms with Gasteiger partial charge in [0.2, 0.25) is 0 Å². The van der Waals surface area contributed by atoms with Crippen molar-refractivity contribution < 1.29 is 40.2 Å². The highest BCUT2D eigenvalue weighted by Gasteiger charge is 2.19. The molecule has 0 amide bonds. The first-order valence-corrected chi connectivity index (χ1v) is 14.1. The van der Waals surface area contributed by atoms with Crippen LogP contribution in [0.1, 0.15) is 44.5 Å². The smallest absolute Gasteiger partial charge is 0.323 e. The van der Waals surface area contributed by atoms with Crippen LogP contribution in [0.2, 0.25) is 0 Å². The Labute approximate surface area is 260 Å². The molecular formula is C34H35N3O8. The van der Waals surface area contributed by atoms with E-state index in [2.05, 4.69) is 10.2 Å². The molecule has 0 aliphatic rings. The molecule has 4 aromatic carbocycles. The standard InChI is InChI=1S/C34H35N3O8/c1-19-4-9-30(39)23(10-19)14-28-21(3)29(15-24(34(28)45)12-22-11-20(2)33(44)25(13-22)18-38)36-35-26-5-7-27(8-6-26)37(16-31(40)41)17-32(42)43/h4-11,13,15,38-39,44-45H,12,14,16-18H2,1-3H3,(H,40,41)(H,42,43)/b36-35+. The summed E-state index contributed by atoms with van der Waals surface area (Å²) < 4.78 is 0. The van der Waals surface area contributed by atoms with E-state index in [-0.39, 0.29) is 36.7 Å². The average molecular weight is 614 g/mol. The molecule has 0 unspecified atom stereocenters. The molecule has 4 aromatic rings. The average Bonchev–Trinajstić information content (AvgIpc) is 2.99. The third-order valence-electron chi connectivity index (χ3n) is 7.48. The zero-order valence-corrected chi connectivity index (χ0v) is 25.2. The summed E-state index contributed by atoms with van der Waals surface area (Å²) in [6.07, 6.45) is 0.475. The van der Waals surface area contributed by atoms with Crippen molar-refractivity contribution in [1.29, 1.82) is 0 Å². The molecule has 0 bridgehead atoms. The van der Waals surface area contributed by atoms with Gasteiger partial charge in [0.1, 0.15) is 30.3 Å². The Bertz CT molecular complexity index is 1750. The largest absolute Gasteiger partial charge is 0.508 e. The second kappa shape index (κ2) is 13.9. The number of aliphatic hydroxyl groups is 1. The minimum atomic E-state index is -1.16. The molecule has 11 nitrogen and oxygen atoms in total. The Morgan fingerprint density at radius 3 is 2.02 bits per heavy atom. The number of phenols is 3. The summed E-state index contributed by atoms with van der Waals surface area (Å²) in [5, 5.41) is 69.1. The predicted molar refractivity (Wildman–Crippen MR) is 168 cm³/mol. The summed E-state index contributed by atoms with van der Waals surface area (Å²) in [5.41, 5.74) is 6.29. The Morgan fingerprint density at radius 1 is 0.733 bits per heavy atom. The third kappa shape index (κ3) is 7.95. The molecule has 0 heterocycles.